The van der Waals surface area contributed by atoms with Gasteiger partial charge in [-0.25, -0.2) is 0 Å². The molecule has 4 nitrogen and oxygen atoms in total. The standard InChI is InChI=1S/C17H23NO3/c19-17(9-6-13-4-2-1-3-5-13)18-14-7-8-15-16(12-14)21-11-10-20-15/h7-8,12-13H,1-6,9-11H2,(H,18,19). The summed E-state index contributed by atoms with van der Waals surface area (Å²) in [6.07, 6.45) is 8.22. The fourth-order valence-electron chi connectivity index (χ4n) is 3.16. The van der Waals surface area contributed by atoms with Gasteiger partial charge in [0.15, 0.2) is 11.5 Å². The molecule has 4 heteroatoms. The van der Waals surface area contributed by atoms with Gasteiger partial charge >= 0.3 is 0 Å². The molecule has 0 saturated heterocycles. The highest BCUT2D eigenvalue weighted by Crippen LogP contribution is 2.33. The highest BCUT2D eigenvalue weighted by Gasteiger charge is 2.16. The first kappa shape index (κ1) is 14.2. The predicted molar refractivity (Wildman–Crippen MR) is 81.9 cm³/mol. The number of rotatable bonds is 4. The van der Waals surface area contributed by atoms with E-state index in [1.165, 1.54) is 32.1 Å². The summed E-state index contributed by atoms with van der Waals surface area (Å²) in [5.41, 5.74) is 0.785. The van der Waals surface area contributed by atoms with Crippen molar-refractivity contribution in [1.29, 1.82) is 0 Å². The lowest BCUT2D eigenvalue weighted by molar-refractivity contribution is -0.116. The fraction of sp³-hybridized carbons (Fsp3) is 0.588. The molecule has 114 valence electrons. The summed E-state index contributed by atoms with van der Waals surface area (Å²) < 4.78 is 11.0. The smallest absolute Gasteiger partial charge is 0.224 e. The van der Waals surface area contributed by atoms with E-state index in [4.69, 9.17) is 9.47 Å². The number of carbonyl (C=O) groups is 1. The number of benzene rings is 1. The molecule has 1 fully saturated rings. The van der Waals surface area contributed by atoms with Crippen molar-refractivity contribution < 1.29 is 14.3 Å². The molecular formula is C17H23NO3. The summed E-state index contributed by atoms with van der Waals surface area (Å²) >= 11 is 0. The monoisotopic (exact) mass is 289 g/mol. The maximum Gasteiger partial charge on any atom is 0.224 e. The molecule has 1 aliphatic heterocycles. The van der Waals surface area contributed by atoms with E-state index in [0.717, 1.165) is 23.8 Å². The van der Waals surface area contributed by atoms with Gasteiger partial charge < -0.3 is 14.8 Å². The second-order valence-corrected chi connectivity index (χ2v) is 5.95. The number of carbonyl (C=O) groups excluding carboxylic acids is 1. The summed E-state index contributed by atoms with van der Waals surface area (Å²) in [5.74, 6) is 2.30. The lowest BCUT2D eigenvalue weighted by Crippen LogP contribution is -2.17. The zero-order valence-electron chi connectivity index (χ0n) is 12.4. The molecule has 0 bridgehead atoms. The molecule has 1 amide bonds. The van der Waals surface area contributed by atoms with Crippen LogP contribution in [0.15, 0.2) is 18.2 Å². The van der Waals surface area contributed by atoms with Gasteiger partial charge in [-0.1, -0.05) is 32.1 Å². The molecule has 1 aliphatic carbocycles. The Morgan fingerprint density at radius 2 is 1.86 bits per heavy atom. The summed E-state index contributed by atoms with van der Waals surface area (Å²) in [4.78, 5) is 12.0. The average molecular weight is 289 g/mol. The van der Waals surface area contributed by atoms with Crippen molar-refractivity contribution in [2.45, 2.75) is 44.9 Å². The zero-order valence-corrected chi connectivity index (χ0v) is 12.4. The van der Waals surface area contributed by atoms with Gasteiger partial charge in [0.1, 0.15) is 13.2 Å². The van der Waals surface area contributed by atoms with Gasteiger partial charge in [0.2, 0.25) is 5.91 Å². The number of anilines is 1. The van der Waals surface area contributed by atoms with Gasteiger partial charge in [-0.2, -0.15) is 0 Å². The van der Waals surface area contributed by atoms with Crippen LogP contribution >= 0.6 is 0 Å². The summed E-state index contributed by atoms with van der Waals surface area (Å²) in [7, 11) is 0. The second-order valence-electron chi connectivity index (χ2n) is 5.95. The van der Waals surface area contributed by atoms with Crippen LogP contribution in [0.5, 0.6) is 11.5 Å². The Morgan fingerprint density at radius 3 is 2.67 bits per heavy atom. The Kier molecular flexibility index (Phi) is 4.63. The highest BCUT2D eigenvalue weighted by molar-refractivity contribution is 5.91. The van der Waals surface area contributed by atoms with Crippen LogP contribution in [0.4, 0.5) is 5.69 Å². The predicted octanol–water partition coefficient (Wildman–Crippen LogP) is 3.76. The first-order valence-electron chi connectivity index (χ1n) is 8.01. The maximum atomic E-state index is 12.0. The van der Waals surface area contributed by atoms with Crippen molar-refractivity contribution in [3.05, 3.63) is 18.2 Å². The average Bonchev–Trinajstić information content (AvgIpc) is 2.54. The highest BCUT2D eigenvalue weighted by atomic mass is 16.6. The van der Waals surface area contributed by atoms with Gasteiger partial charge in [0.25, 0.3) is 0 Å². The van der Waals surface area contributed by atoms with E-state index in [0.29, 0.717) is 25.4 Å². The molecule has 3 rings (SSSR count). The van der Waals surface area contributed by atoms with Crippen LogP contribution < -0.4 is 14.8 Å². The van der Waals surface area contributed by atoms with Gasteiger partial charge in [0, 0.05) is 18.2 Å². The van der Waals surface area contributed by atoms with Gasteiger partial charge in [-0.05, 0) is 24.5 Å². The van der Waals surface area contributed by atoms with E-state index in [2.05, 4.69) is 5.32 Å². The topological polar surface area (TPSA) is 47.6 Å². The Hall–Kier alpha value is -1.71. The van der Waals surface area contributed by atoms with E-state index < -0.39 is 0 Å². The van der Waals surface area contributed by atoms with Crippen LogP contribution in [0.2, 0.25) is 0 Å². The lowest BCUT2D eigenvalue weighted by atomic mass is 9.86. The molecule has 1 heterocycles. The minimum Gasteiger partial charge on any atom is -0.486 e. The number of amides is 1. The van der Waals surface area contributed by atoms with E-state index in [-0.39, 0.29) is 5.91 Å². The Labute approximate surface area is 125 Å². The van der Waals surface area contributed by atoms with Crippen LogP contribution in [0.3, 0.4) is 0 Å². The van der Waals surface area contributed by atoms with Crippen molar-refractivity contribution >= 4 is 11.6 Å². The molecule has 0 aromatic heterocycles. The van der Waals surface area contributed by atoms with Crippen LogP contribution in [0, 0.1) is 5.92 Å². The van der Waals surface area contributed by atoms with Gasteiger partial charge in [0.05, 0.1) is 0 Å². The van der Waals surface area contributed by atoms with Crippen LogP contribution in [0.25, 0.3) is 0 Å². The van der Waals surface area contributed by atoms with Gasteiger partial charge in [-0.3, -0.25) is 4.79 Å². The van der Waals surface area contributed by atoms with Crippen molar-refractivity contribution in [3.63, 3.8) is 0 Å². The number of fused-ring (bicyclic) bond motifs is 1. The fourth-order valence-corrected chi connectivity index (χ4v) is 3.16. The molecule has 0 atom stereocenters. The first-order chi connectivity index (χ1) is 10.3. The van der Waals surface area contributed by atoms with Gasteiger partial charge in [-0.15, -0.1) is 0 Å². The lowest BCUT2D eigenvalue weighted by Gasteiger charge is -2.21. The first-order valence-corrected chi connectivity index (χ1v) is 8.01. The third-order valence-corrected chi connectivity index (χ3v) is 4.33. The van der Waals surface area contributed by atoms with Crippen molar-refractivity contribution in [3.8, 4) is 11.5 Å². The maximum absolute atomic E-state index is 12.0. The molecule has 1 aromatic rings. The molecule has 21 heavy (non-hydrogen) atoms. The SMILES string of the molecule is O=C(CCC1CCCCC1)Nc1ccc2c(c1)OCCO2. The quantitative estimate of drug-likeness (QED) is 0.918. The summed E-state index contributed by atoms with van der Waals surface area (Å²) in [6, 6.07) is 5.56. The molecule has 0 unspecified atom stereocenters. The van der Waals surface area contributed by atoms with Crippen LogP contribution in [0.1, 0.15) is 44.9 Å². The van der Waals surface area contributed by atoms with E-state index in [1.54, 1.807) is 0 Å². The second kappa shape index (κ2) is 6.83. The number of hydrogen-bond donors (Lipinski definition) is 1. The normalized spacial score (nSPS) is 18.3. The number of nitrogens with one attached hydrogen (secondary N) is 1. The third-order valence-electron chi connectivity index (χ3n) is 4.33. The Morgan fingerprint density at radius 1 is 1.10 bits per heavy atom. The Bertz CT molecular complexity index is 495. The van der Waals surface area contributed by atoms with Crippen molar-refractivity contribution in [1.82, 2.24) is 0 Å². The molecule has 0 spiro atoms. The minimum absolute atomic E-state index is 0.0947. The molecule has 1 saturated carbocycles. The largest absolute Gasteiger partial charge is 0.486 e. The summed E-state index contributed by atoms with van der Waals surface area (Å²) in [5, 5.41) is 2.96. The number of ether oxygens (including phenoxy) is 2. The third kappa shape index (κ3) is 3.90. The minimum atomic E-state index is 0.0947. The van der Waals surface area contributed by atoms with Crippen molar-refractivity contribution in [2.24, 2.45) is 5.92 Å². The van der Waals surface area contributed by atoms with E-state index in [9.17, 15) is 4.79 Å². The molecule has 1 aromatic carbocycles. The van der Waals surface area contributed by atoms with Crippen molar-refractivity contribution in [2.75, 3.05) is 18.5 Å². The molecular weight excluding hydrogens is 266 g/mol. The van der Waals surface area contributed by atoms with Crippen LogP contribution in [-0.4, -0.2) is 19.1 Å². The molecule has 2 aliphatic rings. The van der Waals surface area contributed by atoms with E-state index in [1.807, 2.05) is 18.2 Å². The Balaban J connectivity index is 1.50. The molecule has 0 radical (unpaired) electrons. The van der Waals surface area contributed by atoms with E-state index >= 15 is 0 Å². The van der Waals surface area contributed by atoms with Crippen LogP contribution in [-0.2, 0) is 4.79 Å². The zero-order chi connectivity index (χ0) is 14.5. The number of hydrogen-bond acceptors (Lipinski definition) is 3. The molecule has 1 N–H and O–H groups in total. The summed E-state index contributed by atoms with van der Waals surface area (Å²) in [6.45, 7) is 1.15.